The third kappa shape index (κ3) is 7.28. The smallest absolute Gasteiger partial charge is 0.313 e. The Bertz CT molecular complexity index is 539. The number of aryl methyl sites for hydroxylation is 1. The second kappa shape index (κ2) is 8.67. The molecule has 0 radical (unpaired) electrons. The monoisotopic (exact) mass is 320 g/mol. The Kier molecular flexibility index (Phi) is 7.23. The van der Waals surface area contributed by atoms with Gasteiger partial charge in [0.2, 0.25) is 0 Å². The molecule has 5 heteroatoms. The van der Waals surface area contributed by atoms with E-state index >= 15 is 0 Å². The first-order chi connectivity index (χ1) is 10.7. The van der Waals surface area contributed by atoms with Crippen LogP contribution < -0.4 is 10.6 Å². The maximum Gasteiger partial charge on any atom is 0.313 e. The first-order valence-corrected chi connectivity index (χ1v) is 8.14. The van der Waals surface area contributed by atoms with Gasteiger partial charge in [-0.3, -0.25) is 9.59 Å². The van der Waals surface area contributed by atoms with Crippen molar-refractivity contribution < 1.29 is 14.7 Å². The second-order valence-electron chi connectivity index (χ2n) is 6.62. The zero-order valence-electron chi connectivity index (χ0n) is 14.5. The van der Waals surface area contributed by atoms with E-state index in [2.05, 4.69) is 24.5 Å². The van der Waals surface area contributed by atoms with E-state index in [9.17, 15) is 14.7 Å². The number of rotatable bonds is 7. The molecular formula is C18H28N2O3. The molecule has 0 heterocycles. The zero-order chi connectivity index (χ0) is 17.5. The number of amides is 2. The molecule has 0 saturated carbocycles. The van der Waals surface area contributed by atoms with Gasteiger partial charge in [-0.25, -0.2) is 0 Å². The summed E-state index contributed by atoms with van der Waals surface area (Å²) in [5.41, 5.74) is 0.665. The molecule has 3 N–H and O–H groups in total. The quantitative estimate of drug-likeness (QED) is 0.675. The number of anilines is 1. The van der Waals surface area contributed by atoms with Gasteiger partial charge in [0, 0.05) is 12.2 Å². The lowest BCUT2D eigenvalue weighted by atomic mass is 9.95. The van der Waals surface area contributed by atoms with Crippen LogP contribution >= 0.6 is 0 Å². The third-order valence-corrected chi connectivity index (χ3v) is 3.69. The number of hydrogen-bond donors (Lipinski definition) is 3. The molecule has 0 aliphatic carbocycles. The van der Waals surface area contributed by atoms with Crippen LogP contribution in [0.1, 0.15) is 46.1 Å². The number of aliphatic hydroxyl groups is 1. The summed E-state index contributed by atoms with van der Waals surface area (Å²) >= 11 is 0. The van der Waals surface area contributed by atoms with E-state index in [1.807, 2.05) is 25.1 Å². The molecule has 0 aliphatic rings. The van der Waals surface area contributed by atoms with Crippen LogP contribution in [-0.2, 0) is 16.0 Å². The van der Waals surface area contributed by atoms with E-state index in [0.717, 1.165) is 18.4 Å². The lowest BCUT2D eigenvalue weighted by molar-refractivity contribution is -0.136. The number of nitrogens with one attached hydrogen (secondary N) is 2. The van der Waals surface area contributed by atoms with Crippen LogP contribution in [0.2, 0.25) is 0 Å². The minimum absolute atomic E-state index is 0.0565. The topological polar surface area (TPSA) is 78.4 Å². The van der Waals surface area contributed by atoms with Crippen LogP contribution in [0.3, 0.4) is 0 Å². The van der Waals surface area contributed by atoms with Crippen LogP contribution in [0, 0.1) is 5.92 Å². The Labute approximate surface area is 138 Å². The molecule has 0 aromatic heterocycles. The van der Waals surface area contributed by atoms with Crippen molar-refractivity contribution in [1.29, 1.82) is 0 Å². The highest BCUT2D eigenvalue weighted by molar-refractivity contribution is 6.39. The molecule has 2 amide bonds. The SMILES string of the molecule is CCc1cccc(NC(=O)C(=O)NCC(C)(O)CCC(C)C)c1. The van der Waals surface area contributed by atoms with E-state index in [1.165, 1.54) is 0 Å². The normalized spacial score (nSPS) is 13.5. The number of benzene rings is 1. The summed E-state index contributed by atoms with van der Waals surface area (Å²) in [6, 6.07) is 7.37. The van der Waals surface area contributed by atoms with Gasteiger partial charge in [0.25, 0.3) is 0 Å². The highest BCUT2D eigenvalue weighted by Gasteiger charge is 2.23. The molecule has 1 aromatic carbocycles. The predicted molar refractivity (Wildman–Crippen MR) is 92.2 cm³/mol. The standard InChI is InChI=1S/C18H28N2O3/c1-5-14-7-6-8-15(11-14)20-17(22)16(21)19-12-18(4,23)10-9-13(2)3/h6-8,11,13,23H,5,9-10,12H2,1-4H3,(H,19,21)(H,20,22). The fraction of sp³-hybridized carbons (Fsp3) is 0.556. The first kappa shape index (κ1) is 19.2. The van der Waals surface area contributed by atoms with E-state index in [-0.39, 0.29) is 6.54 Å². The highest BCUT2D eigenvalue weighted by atomic mass is 16.3. The van der Waals surface area contributed by atoms with Gasteiger partial charge in [0.15, 0.2) is 0 Å². The lowest BCUT2D eigenvalue weighted by Gasteiger charge is -2.24. The molecule has 1 aromatic rings. The molecule has 0 saturated heterocycles. The van der Waals surface area contributed by atoms with Crippen molar-refractivity contribution in [2.24, 2.45) is 5.92 Å². The molecule has 23 heavy (non-hydrogen) atoms. The Balaban J connectivity index is 2.49. The van der Waals surface area contributed by atoms with E-state index in [4.69, 9.17) is 0 Å². The van der Waals surface area contributed by atoms with Gasteiger partial charge in [0.1, 0.15) is 0 Å². The van der Waals surface area contributed by atoms with Gasteiger partial charge in [-0.05, 0) is 49.8 Å². The van der Waals surface area contributed by atoms with Crippen molar-refractivity contribution >= 4 is 17.5 Å². The van der Waals surface area contributed by atoms with Crippen molar-refractivity contribution in [3.8, 4) is 0 Å². The minimum atomic E-state index is -1.01. The van der Waals surface area contributed by atoms with Gasteiger partial charge >= 0.3 is 11.8 Å². The third-order valence-electron chi connectivity index (χ3n) is 3.69. The number of hydrogen-bond acceptors (Lipinski definition) is 3. The van der Waals surface area contributed by atoms with Crippen molar-refractivity contribution in [3.63, 3.8) is 0 Å². The summed E-state index contributed by atoms with van der Waals surface area (Å²) in [4.78, 5) is 23.7. The molecule has 1 rings (SSSR count). The van der Waals surface area contributed by atoms with Gasteiger partial charge in [-0.2, -0.15) is 0 Å². The molecule has 0 fully saturated rings. The van der Waals surface area contributed by atoms with Crippen molar-refractivity contribution in [1.82, 2.24) is 5.32 Å². The highest BCUT2D eigenvalue weighted by Crippen LogP contribution is 2.15. The van der Waals surface area contributed by atoms with Crippen molar-refractivity contribution in [2.45, 2.75) is 52.6 Å². The summed E-state index contributed by atoms with van der Waals surface area (Å²) in [7, 11) is 0. The van der Waals surface area contributed by atoms with E-state index in [0.29, 0.717) is 18.0 Å². The molecule has 1 atom stereocenters. The Morgan fingerprint density at radius 3 is 2.57 bits per heavy atom. The lowest BCUT2D eigenvalue weighted by Crippen LogP contribution is -2.44. The van der Waals surface area contributed by atoms with Crippen LogP contribution in [0.15, 0.2) is 24.3 Å². The number of carbonyl (C=O) groups is 2. The molecule has 128 valence electrons. The Morgan fingerprint density at radius 2 is 1.96 bits per heavy atom. The Hall–Kier alpha value is -1.88. The predicted octanol–water partition coefficient (Wildman–Crippen LogP) is 2.49. The summed E-state index contributed by atoms with van der Waals surface area (Å²) in [5.74, 6) is -0.985. The van der Waals surface area contributed by atoms with Crippen LogP contribution in [-0.4, -0.2) is 29.1 Å². The van der Waals surface area contributed by atoms with Crippen molar-refractivity contribution in [3.05, 3.63) is 29.8 Å². The maximum absolute atomic E-state index is 11.9. The molecule has 0 aliphatic heterocycles. The molecule has 0 spiro atoms. The molecule has 1 unspecified atom stereocenters. The Morgan fingerprint density at radius 1 is 1.26 bits per heavy atom. The second-order valence-corrected chi connectivity index (χ2v) is 6.62. The fourth-order valence-electron chi connectivity index (χ4n) is 2.10. The summed E-state index contributed by atoms with van der Waals surface area (Å²) in [6.45, 7) is 7.89. The van der Waals surface area contributed by atoms with Gasteiger partial charge in [-0.15, -0.1) is 0 Å². The van der Waals surface area contributed by atoms with Crippen LogP contribution in [0.4, 0.5) is 5.69 Å². The van der Waals surface area contributed by atoms with Crippen LogP contribution in [0.5, 0.6) is 0 Å². The van der Waals surface area contributed by atoms with Crippen LogP contribution in [0.25, 0.3) is 0 Å². The van der Waals surface area contributed by atoms with E-state index < -0.39 is 17.4 Å². The molecular weight excluding hydrogens is 292 g/mol. The van der Waals surface area contributed by atoms with E-state index in [1.54, 1.807) is 13.0 Å². The van der Waals surface area contributed by atoms with Gasteiger partial charge in [0.05, 0.1) is 5.60 Å². The average Bonchev–Trinajstić information content (AvgIpc) is 2.51. The minimum Gasteiger partial charge on any atom is -0.388 e. The summed E-state index contributed by atoms with van der Waals surface area (Å²) in [6.07, 6.45) is 2.29. The maximum atomic E-state index is 11.9. The summed E-state index contributed by atoms with van der Waals surface area (Å²) in [5, 5.41) is 15.3. The largest absolute Gasteiger partial charge is 0.388 e. The molecule has 5 nitrogen and oxygen atoms in total. The first-order valence-electron chi connectivity index (χ1n) is 8.14. The molecule has 0 bridgehead atoms. The van der Waals surface area contributed by atoms with Crippen molar-refractivity contribution in [2.75, 3.05) is 11.9 Å². The average molecular weight is 320 g/mol. The summed E-state index contributed by atoms with van der Waals surface area (Å²) < 4.78 is 0. The number of carbonyl (C=O) groups excluding carboxylic acids is 2. The zero-order valence-corrected chi connectivity index (χ0v) is 14.5. The van der Waals surface area contributed by atoms with Gasteiger partial charge < -0.3 is 15.7 Å². The van der Waals surface area contributed by atoms with Gasteiger partial charge in [-0.1, -0.05) is 32.9 Å². The fourth-order valence-corrected chi connectivity index (χ4v) is 2.10.